The number of carbonyl (C=O) groups excluding carboxylic acids is 2. The molecular weight excluding hydrogens is 344 g/mol. The molecule has 136 valence electrons. The third-order valence-corrected chi connectivity index (χ3v) is 4.71. The molecule has 3 aromatic rings. The highest BCUT2D eigenvalue weighted by molar-refractivity contribution is 6.23. The summed E-state index contributed by atoms with van der Waals surface area (Å²) in [6, 6.07) is 14.6. The molecule has 2 heterocycles. The lowest BCUT2D eigenvalue weighted by atomic mass is 9.92. The van der Waals surface area contributed by atoms with Crippen LogP contribution in [-0.4, -0.2) is 37.7 Å². The molecule has 0 saturated carbocycles. The molecule has 1 aliphatic heterocycles. The lowest BCUT2D eigenvalue weighted by Gasteiger charge is -2.22. The molecule has 1 saturated heterocycles. The van der Waals surface area contributed by atoms with Gasteiger partial charge in [0.25, 0.3) is 5.91 Å². The van der Waals surface area contributed by atoms with E-state index in [0.717, 1.165) is 11.1 Å². The molecule has 1 aliphatic rings. The van der Waals surface area contributed by atoms with Gasteiger partial charge in [-0.1, -0.05) is 36.4 Å². The van der Waals surface area contributed by atoms with Crippen LogP contribution in [0.3, 0.4) is 0 Å². The molecule has 1 fully saturated rings. The number of urea groups is 1. The van der Waals surface area contributed by atoms with E-state index < -0.39 is 11.6 Å². The summed E-state index contributed by atoms with van der Waals surface area (Å²) in [6.07, 6.45) is 1.88. The summed E-state index contributed by atoms with van der Waals surface area (Å²) in [5.74, 6) is -0.284. The number of aromatic nitrogens is 4. The van der Waals surface area contributed by atoms with Crippen LogP contribution < -0.4 is 10.2 Å². The minimum Gasteiger partial charge on any atom is -0.323 e. The molecule has 3 amide bonds. The molecule has 0 bridgehead atoms. The molecule has 27 heavy (non-hydrogen) atoms. The first kappa shape index (κ1) is 16.9. The molecule has 0 spiro atoms. The summed E-state index contributed by atoms with van der Waals surface area (Å²) in [6.45, 7) is 3.60. The fraction of sp³-hybridized carbons (Fsp3) is 0.211. The van der Waals surface area contributed by atoms with Gasteiger partial charge in [0.1, 0.15) is 11.9 Å². The predicted molar refractivity (Wildman–Crippen MR) is 98.5 cm³/mol. The lowest BCUT2D eigenvalue weighted by molar-refractivity contribution is -0.121. The van der Waals surface area contributed by atoms with Gasteiger partial charge in [-0.15, -0.1) is 5.10 Å². The van der Waals surface area contributed by atoms with E-state index >= 15 is 0 Å². The number of imide groups is 1. The topological polar surface area (TPSA) is 93.0 Å². The second-order valence-electron chi connectivity index (χ2n) is 6.79. The van der Waals surface area contributed by atoms with E-state index in [1.54, 1.807) is 13.0 Å². The van der Waals surface area contributed by atoms with Crippen LogP contribution >= 0.6 is 0 Å². The Balaban J connectivity index is 1.69. The van der Waals surface area contributed by atoms with Crippen LogP contribution in [0.25, 0.3) is 5.69 Å². The minimum absolute atomic E-state index is 0.284. The van der Waals surface area contributed by atoms with Crippen molar-refractivity contribution in [3.63, 3.8) is 0 Å². The Hall–Kier alpha value is -3.55. The number of benzene rings is 2. The number of tetrazole rings is 1. The Morgan fingerprint density at radius 2 is 1.89 bits per heavy atom. The third kappa shape index (κ3) is 2.95. The average Bonchev–Trinajstić information content (AvgIpc) is 3.25. The highest BCUT2D eigenvalue weighted by Gasteiger charge is 2.48. The molecule has 0 unspecified atom stereocenters. The summed E-state index contributed by atoms with van der Waals surface area (Å²) in [5.41, 5.74) is 1.96. The zero-order valence-electron chi connectivity index (χ0n) is 15.0. The van der Waals surface area contributed by atoms with Gasteiger partial charge in [0, 0.05) is 6.42 Å². The van der Waals surface area contributed by atoms with Crippen molar-refractivity contribution in [1.29, 1.82) is 0 Å². The third-order valence-electron chi connectivity index (χ3n) is 4.71. The van der Waals surface area contributed by atoms with Crippen molar-refractivity contribution in [3.8, 4) is 5.69 Å². The minimum atomic E-state index is -1.00. The van der Waals surface area contributed by atoms with Crippen LogP contribution in [0.2, 0.25) is 0 Å². The van der Waals surface area contributed by atoms with Gasteiger partial charge in [0.15, 0.2) is 0 Å². The molecule has 8 nitrogen and oxygen atoms in total. The zero-order valence-corrected chi connectivity index (χ0v) is 15.0. The Kier molecular flexibility index (Phi) is 3.95. The largest absolute Gasteiger partial charge is 0.329 e. The maximum atomic E-state index is 13.2. The van der Waals surface area contributed by atoms with E-state index in [-0.39, 0.29) is 5.91 Å². The molecule has 2 aromatic carbocycles. The summed E-state index contributed by atoms with van der Waals surface area (Å²) in [4.78, 5) is 27.1. The molecule has 1 aromatic heterocycles. The number of hydrogen-bond acceptors (Lipinski definition) is 5. The van der Waals surface area contributed by atoms with Gasteiger partial charge in [-0.3, -0.25) is 4.79 Å². The van der Waals surface area contributed by atoms with E-state index in [2.05, 4.69) is 20.8 Å². The van der Waals surface area contributed by atoms with Gasteiger partial charge in [0.2, 0.25) is 0 Å². The first-order valence-corrected chi connectivity index (χ1v) is 8.52. The molecule has 4 rings (SSSR count). The quantitative estimate of drug-likeness (QED) is 0.717. The maximum Gasteiger partial charge on any atom is 0.329 e. The van der Waals surface area contributed by atoms with Gasteiger partial charge in [-0.25, -0.2) is 14.4 Å². The van der Waals surface area contributed by atoms with Crippen LogP contribution in [0.4, 0.5) is 10.5 Å². The summed E-state index contributed by atoms with van der Waals surface area (Å²) >= 11 is 0. The Bertz CT molecular complexity index is 1000. The number of aryl methyl sites for hydroxylation is 1. The lowest BCUT2D eigenvalue weighted by Crippen LogP contribution is -2.46. The molecular formula is C19H18N6O2. The second kappa shape index (κ2) is 6.31. The number of rotatable bonds is 4. The van der Waals surface area contributed by atoms with E-state index in [1.165, 1.54) is 15.9 Å². The Labute approximate surface area is 155 Å². The fourth-order valence-electron chi connectivity index (χ4n) is 3.29. The monoisotopic (exact) mass is 362 g/mol. The van der Waals surface area contributed by atoms with Gasteiger partial charge >= 0.3 is 6.03 Å². The van der Waals surface area contributed by atoms with Crippen molar-refractivity contribution in [3.05, 3.63) is 66.0 Å². The highest BCUT2D eigenvalue weighted by Crippen LogP contribution is 2.31. The predicted octanol–water partition coefficient (Wildman–Crippen LogP) is 2.03. The van der Waals surface area contributed by atoms with Crippen LogP contribution in [0.1, 0.15) is 18.1 Å². The number of nitrogens with one attached hydrogen (secondary N) is 1. The van der Waals surface area contributed by atoms with Crippen molar-refractivity contribution in [2.24, 2.45) is 0 Å². The summed E-state index contributed by atoms with van der Waals surface area (Å²) in [5, 5.41) is 13.9. The van der Waals surface area contributed by atoms with Gasteiger partial charge in [-0.05, 0) is 47.5 Å². The number of hydrogen-bond donors (Lipinski definition) is 1. The number of anilines is 1. The Morgan fingerprint density at radius 1 is 1.11 bits per heavy atom. The molecule has 0 radical (unpaired) electrons. The van der Waals surface area contributed by atoms with Crippen LogP contribution in [0.15, 0.2) is 54.9 Å². The SMILES string of the molecule is Cc1ccc(-n2cnnn2)cc1N1C(=O)N[C@](C)(Cc2ccccc2)C1=O. The van der Waals surface area contributed by atoms with Crippen molar-refractivity contribution >= 4 is 17.6 Å². The molecule has 1 atom stereocenters. The van der Waals surface area contributed by atoms with Crippen molar-refractivity contribution in [2.45, 2.75) is 25.8 Å². The fourth-order valence-corrected chi connectivity index (χ4v) is 3.29. The average molecular weight is 362 g/mol. The number of carbonyl (C=O) groups is 2. The van der Waals surface area contributed by atoms with Crippen LogP contribution in [0, 0.1) is 6.92 Å². The van der Waals surface area contributed by atoms with Crippen LogP contribution in [-0.2, 0) is 11.2 Å². The maximum absolute atomic E-state index is 13.2. The first-order valence-electron chi connectivity index (χ1n) is 8.52. The highest BCUT2D eigenvalue weighted by atomic mass is 16.2. The summed E-state index contributed by atoms with van der Waals surface area (Å²) < 4.78 is 1.48. The summed E-state index contributed by atoms with van der Waals surface area (Å²) in [7, 11) is 0. The molecule has 1 N–H and O–H groups in total. The van der Waals surface area contributed by atoms with E-state index in [1.807, 2.05) is 49.4 Å². The normalized spacial score (nSPS) is 19.4. The molecule has 0 aliphatic carbocycles. The van der Waals surface area contributed by atoms with Crippen molar-refractivity contribution in [2.75, 3.05) is 4.90 Å². The van der Waals surface area contributed by atoms with Crippen molar-refractivity contribution < 1.29 is 9.59 Å². The molecule has 8 heteroatoms. The van der Waals surface area contributed by atoms with E-state index in [4.69, 9.17) is 0 Å². The number of nitrogens with zero attached hydrogens (tertiary/aromatic N) is 5. The standard InChI is InChI=1S/C19H18N6O2/c1-13-8-9-15(24-12-20-22-23-24)10-16(13)25-17(26)19(2,21-18(25)27)11-14-6-4-3-5-7-14/h3-10,12H,11H2,1-2H3,(H,21,27)/t19-/m1/s1. The van der Waals surface area contributed by atoms with Crippen molar-refractivity contribution in [1.82, 2.24) is 25.5 Å². The Morgan fingerprint density at radius 3 is 2.59 bits per heavy atom. The van der Waals surface area contributed by atoms with Crippen LogP contribution in [0.5, 0.6) is 0 Å². The van der Waals surface area contributed by atoms with E-state index in [0.29, 0.717) is 17.8 Å². The van der Waals surface area contributed by atoms with E-state index in [9.17, 15) is 9.59 Å². The first-order chi connectivity index (χ1) is 13.0. The second-order valence-corrected chi connectivity index (χ2v) is 6.79. The van der Waals surface area contributed by atoms with Gasteiger partial charge in [-0.2, -0.15) is 0 Å². The van der Waals surface area contributed by atoms with Gasteiger partial charge in [0.05, 0.1) is 11.4 Å². The zero-order chi connectivity index (χ0) is 19.0. The smallest absolute Gasteiger partial charge is 0.323 e. The van der Waals surface area contributed by atoms with Gasteiger partial charge < -0.3 is 5.32 Å². The number of amides is 3.